The summed E-state index contributed by atoms with van der Waals surface area (Å²) < 4.78 is 0. The van der Waals surface area contributed by atoms with Crippen molar-refractivity contribution in [2.75, 3.05) is 5.73 Å². The maximum Gasteiger partial charge on any atom is 0.127 e. The van der Waals surface area contributed by atoms with Gasteiger partial charge in [0.05, 0.1) is 5.69 Å². The Morgan fingerprint density at radius 2 is 2.12 bits per heavy atom. The topological polar surface area (TPSA) is 51.8 Å². The second kappa shape index (κ2) is 3.84. The first-order valence-corrected chi connectivity index (χ1v) is 5.92. The lowest BCUT2D eigenvalue weighted by Gasteiger charge is -2.15. The van der Waals surface area contributed by atoms with Crippen LogP contribution in [0.1, 0.15) is 34.7 Å². The zero-order chi connectivity index (χ0) is 11.8. The highest BCUT2D eigenvalue weighted by Crippen LogP contribution is 2.39. The molecule has 2 N–H and O–H groups in total. The molecule has 2 aromatic heterocycles. The molecule has 0 saturated carbocycles. The number of aryl methyl sites for hydroxylation is 2. The highest BCUT2D eigenvalue weighted by atomic mass is 14.8. The molecule has 1 atom stereocenters. The van der Waals surface area contributed by atoms with Crippen molar-refractivity contribution in [3.8, 4) is 0 Å². The van der Waals surface area contributed by atoms with E-state index in [1.54, 1.807) is 6.20 Å². The van der Waals surface area contributed by atoms with Crippen LogP contribution in [0.5, 0.6) is 0 Å². The molecule has 1 unspecified atom stereocenters. The quantitative estimate of drug-likeness (QED) is 0.811. The summed E-state index contributed by atoms with van der Waals surface area (Å²) in [6, 6.07) is 6.18. The van der Waals surface area contributed by atoms with Crippen molar-refractivity contribution in [3.05, 3.63) is 53.0 Å². The minimum Gasteiger partial charge on any atom is -0.383 e. The van der Waals surface area contributed by atoms with Crippen molar-refractivity contribution < 1.29 is 0 Å². The van der Waals surface area contributed by atoms with Crippen molar-refractivity contribution in [1.29, 1.82) is 0 Å². The molecule has 0 aliphatic heterocycles. The first-order chi connectivity index (χ1) is 8.27. The maximum absolute atomic E-state index is 6.02. The molecule has 0 aromatic carbocycles. The van der Waals surface area contributed by atoms with E-state index in [1.807, 2.05) is 18.3 Å². The Balaban J connectivity index is 2.13. The molecule has 0 saturated heterocycles. The highest BCUT2D eigenvalue weighted by Gasteiger charge is 2.27. The minimum absolute atomic E-state index is 0.319. The minimum atomic E-state index is 0.319. The Labute approximate surface area is 101 Å². The summed E-state index contributed by atoms with van der Waals surface area (Å²) >= 11 is 0. The normalized spacial score (nSPS) is 18.1. The molecule has 2 heterocycles. The average molecular weight is 225 g/mol. The van der Waals surface area contributed by atoms with Gasteiger partial charge in [0.15, 0.2) is 0 Å². The number of aromatic nitrogens is 2. The number of nitrogen functional groups attached to an aromatic ring is 1. The van der Waals surface area contributed by atoms with Crippen LogP contribution < -0.4 is 5.73 Å². The number of anilines is 1. The van der Waals surface area contributed by atoms with E-state index in [0.29, 0.717) is 11.7 Å². The maximum atomic E-state index is 6.02. The van der Waals surface area contributed by atoms with E-state index in [9.17, 15) is 0 Å². The molecule has 0 bridgehead atoms. The van der Waals surface area contributed by atoms with Gasteiger partial charge in [0, 0.05) is 23.9 Å². The van der Waals surface area contributed by atoms with Gasteiger partial charge in [-0.05, 0) is 43.0 Å². The molecule has 3 nitrogen and oxygen atoms in total. The van der Waals surface area contributed by atoms with Crippen LogP contribution in [-0.4, -0.2) is 9.97 Å². The Bertz CT molecular complexity index is 543. The summed E-state index contributed by atoms with van der Waals surface area (Å²) in [5, 5.41) is 0. The van der Waals surface area contributed by atoms with Crippen LogP contribution in [-0.2, 0) is 6.42 Å². The molecule has 86 valence electrons. The first kappa shape index (κ1) is 10.3. The molecule has 0 fully saturated rings. The van der Waals surface area contributed by atoms with Crippen LogP contribution in [0.3, 0.4) is 0 Å². The van der Waals surface area contributed by atoms with Gasteiger partial charge in [-0.2, -0.15) is 0 Å². The molecule has 0 amide bonds. The molecule has 0 spiro atoms. The molecule has 2 aromatic rings. The second-order valence-electron chi connectivity index (χ2n) is 4.57. The van der Waals surface area contributed by atoms with E-state index >= 15 is 0 Å². The monoisotopic (exact) mass is 225 g/mol. The Morgan fingerprint density at radius 3 is 2.94 bits per heavy atom. The van der Waals surface area contributed by atoms with Gasteiger partial charge in [-0.15, -0.1) is 0 Å². The number of hydrogen-bond acceptors (Lipinski definition) is 3. The third-order valence-electron chi connectivity index (χ3n) is 3.55. The highest BCUT2D eigenvalue weighted by molar-refractivity contribution is 5.51. The molecule has 3 rings (SSSR count). The summed E-state index contributed by atoms with van der Waals surface area (Å²) in [7, 11) is 0. The third kappa shape index (κ3) is 1.58. The molecular formula is C14H15N3. The molecule has 1 aliphatic carbocycles. The van der Waals surface area contributed by atoms with Gasteiger partial charge in [0.25, 0.3) is 0 Å². The van der Waals surface area contributed by atoms with Crippen LogP contribution in [0.15, 0.2) is 30.6 Å². The smallest absolute Gasteiger partial charge is 0.127 e. The Kier molecular flexibility index (Phi) is 2.32. The third-order valence-corrected chi connectivity index (χ3v) is 3.55. The summed E-state index contributed by atoms with van der Waals surface area (Å²) in [6.45, 7) is 2.09. The average Bonchev–Trinajstić information content (AvgIpc) is 2.73. The fraction of sp³-hybridized carbons (Fsp3) is 0.286. The van der Waals surface area contributed by atoms with E-state index in [2.05, 4.69) is 23.0 Å². The van der Waals surface area contributed by atoms with E-state index in [0.717, 1.165) is 18.4 Å². The van der Waals surface area contributed by atoms with Crippen LogP contribution in [0.2, 0.25) is 0 Å². The van der Waals surface area contributed by atoms with Crippen molar-refractivity contribution >= 4 is 5.82 Å². The zero-order valence-corrected chi connectivity index (χ0v) is 9.85. The van der Waals surface area contributed by atoms with Gasteiger partial charge in [-0.3, -0.25) is 4.98 Å². The lowest BCUT2D eigenvalue weighted by molar-refractivity contribution is 0.765. The van der Waals surface area contributed by atoms with Crippen molar-refractivity contribution in [2.24, 2.45) is 0 Å². The fourth-order valence-corrected chi connectivity index (χ4v) is 2.74. The molecule has 3 heteroatoms. The summed E-state index contributed by atoms with van der Waals surface area (Å²) in [5.74, 6) is 0.966. The zero-order valence-electron chi connectivity index (χ0n) is 9.85. The Hall–Kier alpha value is -1.90. The van der Waals surface area contributed by atoms with Gasteiger partial charge in [-0.25, -0.2) is 4.98 Å². The van der Waals surface area contributed by atoms with Crippen LogP contribution in [0.25, 0.3) is 0 Å². The van der Waals surface area contributed by atoms with Crippen LogP contribution in [0, 0.1) is 6.92 Å². The van der Waals surface area contributed by atoms with E-state index < -0.39 is 0 Å². The number of hydrogen-bond donors (Lipinski definition) is 1. The molecular weight excluding hydrogens is 210 g/mol. The number of rotatable bonds is 1. The molecule has 0 radical (unpaired) electrons. The van der Waals surface area contributed by atoms with E-state index in [4.69, 9.17) is 5.73 Å². The predicted molar refractivity (Wildman–Crippen MR) is 67.8 cm³/mol. The van der Waals surface area contributed by atoms with Gasteiger partial charge < -0.3 is 5.73 Å². The van der Waals surface area contributed by atoms with E-state index in [1.165, 1.54) is 16.8 Å². The van der Waals surface area contributed by atoms with Gasteiger partial charge in [0.2, 0.25) is 0 Å². The van der Waals surface area contributed by atoms with Crippen molar-refractivity contribution in [2.45, 2.75) is 25.7 Å². The standard InChI is InChI=1S/C14H15N3/c1-9-6-8-17-14(15)12(9)11-5-4-10-3-2-7-16-13(10)11/h2-3,6-8,11H,4-5H2,1H3,(H2,15,17). The number of pyridine rings is 2. The summed E-state index contributed by atoms with van der Waals surface area (Å²) in [5.41, 5.74) is 10.9. The molecule has 1 aliphatic rings. The van der Waals surface area contributed by atoms with Crippen LogP contribution >= 0.6 is 0 Å². The van der Waals surface area contributed by atoms with E-state index in [-0.39, 0.29) is 0 Å². The second-order valence-corrected chi connectivity index (χ2v) is 4.57. The lowest BCUT2D eigenvalue weighted by atomic mass is 9.93. The fourth-order valence-electron chi connectivity index (χ4n) is 2.74. The molecule has 17 heavy (non-hydrogen) atoms. The largest absolute Gasteiger partial charge is 0.383 e. The number of nitrogens with zero attached hydrogens (tertiary/aromatic N) is 2. The van der Waals surface area contributed by atoms with Crippen LogP contribution in [0.4, 0.5) is 5.82 Å². The Morgan fingerprint density at radius 1 is 1.24 bits per heavy atom. The predicted octanol–water partition coefficient (Wildman–Crippen LogP) is 2.45. The van der Waals surface area contributed by atoms with Gasteiger partial charge in [-0.1, -0.05) is 6.07 Å². The lowest BCUT2D eigenvalue weighted by Crippen LogP contribution is -2.06. The first-order valence-electron chi connectivity index (χ1n) is 5.92. The van der Waals surface area contributed by atoms with Gasteiger partial charge >= 0.3 is 0 Å². The number of fused-ring (bicyclic) bond motifs is 1. The van der Waals surface area contributed by atoms with Gasteiger partial charge in [0.1, 0.15) is 5.82 Å². The SMILES string of the molecule is Cc1ccnc(N)c1C1CCc2cccnc21. The van der Waals surface area contributed by atoms with Crippen molar-refractivity contribution in [3.63, 3.8) is 0 Å². The summed E-state index contributed by atoms with van der Waals surface area (Å²) in [6.07, 6.45) is 5.80. The van der Waals surface area contributed by atoms with Crippen molar-refractivity contribution in [1.82, 2.24) is 9.97 Å². The number of nitrogens with two attached hydrogens (primary N) is 1. The summed E-state index contributed by atoms with van der Waals surface area (Å²) in [4.78, 5) is 8.72.